The SMILES string of the molecule is [2H]c1nc(-c2[c-]c(-c3cccc4c3nc(-c3cc(C(C)(C)C)cc(C(C)(C)C)c3O)n4-c3cc(-c4ccccc4)c(C([2H])(C)C)cc3-c3ccccc3)cc(C(C)(C)C)c2)c([2H])c(-c2c([2H])c([2H])c(C([2H])([2H])[2H])c([2H])c2[2H])c1[2H].[Pt]. The molecular weight excluding hydrogens is 1020 g/mol. The first kappa shape index (κ1) is 36.6. The fourth-order valence-electron chi connectivity index (χ4n) is 8.73. The topological polar surface area (TPSA) is 50.9 Å². The van der Waals surface area contributed by atoms with Crippen molar-refractivity contribution in [3.8, 4) is 78.6 Å². The zero-order valence-electron chi connectivity index (χ0n) is 52.1. The summed E-state index contributed by atoms with van der Waals surface area (Å²) in [6, 6.07) is 37.3. The van der Waals surface area contributed by atoms with Gasteiger partial charge in [0.05, 0.1) is 31.9 Å². The molecule has 7 aromatic carbocycles. The molecule has 0 aliphatic rings. The summed E-state index contributed by atoms with van der Waals surface area (Å²) in [6.45, 7) is 19.5. The molecule has 0 amide bonds. The summed E-state index contributed by atoms with van der Waals surface area (Å²) >= 11 is 0. The average Bonchev–Trinajstić information content (AvgIpc) is 3.76. The second kappa shape index (κ2) is 18.9. The predicted octanol–water partition coefficient (Wildman–Crippen LogP) is 17.3. The Labute approximate surface area is 440 Å². The van der Waals surface area contributed by atoms with Gasteiger partial charge in [0, 0.05) is 49.5 Å². The first-order valence-electron chi connectivity index (χ1n) is 28.6. The van der Waals surface area contributed by atoms with Crippen molar-refractivity contribution in [2.75, 3.05) is 0 Å². The molecule has 0 spiro atoms. The number of hydrogen-bond acceptors (Lipinski definition) is 3. The summed E-state index contributed by atoms with van der Waals surface area (Å²) < 4.78 is 98.3. The smallest absolute Gasteiger partial charge is 0.148 e. The van der Waals surface area contributed by atoms with Crippen molar-refractivity contribution in [2.24, 2.45) is 0 Å². The molecule has 0 saturated carbocycles. The van der Waals surface area contributed by atoms with E-state index in [1.807, 2.05) is 126 Å². The van der Waals surface area contributed by atoms with E-state index in [0.29, 0.717) is 33.5 Å². The first-order valence-corrected chi connectivity index (χ1v) is 23.1. The Morgan fingerprint density at radius 2 is 1.25 bits per heavy atom. The van der Waals surface area contributed by atoms with Gasteiger partial charge in [-0.25, -0.2) is 4.98 Å². The number of hydrogen-bond donors (Lipinski definition) is 1. The van der Waals surface area contributed by atoms with Crippen molar-refractivity contribution < 1.29 is 41.3 Å². The van der Waals surface area contributed by atoms with Crippen LogP contribution in [-0.2, 0) is 37.3 Å². The van der Waals surface area contributed by atoms with Crippen LogP contribution in [0.2, 0.25) is 0 Å². The Kier molecular flexibility index (Phi) is 10.0. The normalized spacial score (nSPS) is 14.7. The van der Waals surface area contributed by atoms with Gasteiger partial charge in [0.15, 0.2) is 0 Å². The van der Waals surface area contributed by atoms with E-state index in [9.17, 15) is 7.85 Å². The van der Waals surface area contributed by atoms with Crippen molar-refractivity contribution in [1.29, 1.82) is 0 Å². The molecule has 0 radical (unpaired) electrons. The number of nitrogens with zero attached hydrogens (tertiary/aromatic N) is 3. The maximum absolute atomic E-state index is 12.8. The van der Waals surface area contributed by atoms with Gasteiger partial charge in [-0.05, 0) is 98.2 Å². The molecule has 4 nitrogen and oxygen atoms in total. The minimum Gasteiger partial charge on any atom is -0.507 e. The van der Waals surface area contributed by atoms with Gasteiger partial charge in [0.25, 0.3) is 0 Å². The van der Waals surface area contributed by atoms with Crippen LogP contribution >= 0.6 is 0 Å². The Morgan fingerprint density at radius 3 is 1.86 bits per heavy atom. The number of phenolic OH excluding ortho intramolecular Hbond substituents is 1. The number of phenols is 1. The standard InChI is InChI=1S/C64H64N3O.Pt/c1-40(2)51-38-53(44-22-17-14-18-23-44)58(39-52(51)43-20-15-13-16-21-43)67-57-25-19-24-50(59(57)66-61(67)54-36-49(63(7,8)9)37-55(60(54)68)64(10,11)12)46-32-47(34-48(33-46)62(4,5)6)56-35-45(30-31-65-56)42-28-26-41(3)27-29-42;/h13-31,33-40,68H,1-12H3;/q-1;/i3D3,26D,27D,28D,29D,30D,31D,35D,40D;. The van der Waals surface area contributed by atoms with Gasteiger partial charge in [-0.15, -0.1) is 29.3 Å². The number of rotatable bonds is 8. The monoisotopic (exact) mass is 1100 g/mol. The third-order valence-electron chi connectivity index (χ3n) is 12.5. The summed E-state index contributed by atoms with van der Waals surface area (Å²) in [5, 5.41) is 12.8. The molecule has 1 N–H and O–H groups in total. The molecule has 0 fully saturated rings. The molecule has 0 aliphatic carbocycles. The van der Waals surface area contributed by atoms with Crippen molar-refractivity contribution in [3.63, 3.8) is 0 Å². The second-order valence-corrected chi connectivity index (χ2v) is 20.9. The van der Waals surface area contributed by atoms with E-state index in [-0.39, 0.29) is 43.5 Å². The minimum atomic E-state index is -2.99. The van der Waals surface area contributed by atoms with E-state index in [2.05, 4.69) is 75.4 Å². The summed E-state index contributed by atoms with van der Waals surface area (Å²) in [4.78, 5) is 10.1. The van der Waals surface area contributed by atoms with Gasteiger partial charge in [0.2, 0.25) is 0 Å². The molecule has 0 unspecified atom stereocenters. The molecule has 0 atom stereocenters. The third-order valence-corrected chi connectivity index (χ3v) is 12.5. The molecule has 0 bridgehead atoms. The Bertz CT molecular complexity index is 3870. The van der Waals surface area contributed by atoms with Crippen LogP contribution in [0.3, 0.4) is 0 Å². The Morgan fingerprint density at radius 1 is 0.623 bits per heavy atom. The van der Waals surface area contributed by atoms with Crippen molar-refractivity contribution in [1.82, 2.24) is 14.5 Å². The Hall–Kier alpha value is -6.35. The van der Waals surface area contributed by atoms with Crippen LogP contribution in [0.15, 0.2) is 158 Å². The van der Waals surface area contributed by atoms with E-state index in [1.54, 1.807) is 6.07 Å². The third kappa shape index (κ3) is 9.79. The van der Waals surface area contributed by atoms with Gasteiger partial charge < -0.3 is 5.11 Å². The molecule has 9 aromatic rings. The fourth-order valence-corrected chi connectivity index (χ4v) is 8.73. The van der Waals surface area contributed by atoms with Gasteiger partial charge in [-0.3, -0.25) is 9.55 Å². The number of aromatic hydroxyl groups is 1. The van der Waals surface area contributed by atoms with Crippen LogP contribution in [0, 0.1) is 12.9 Å². The summed E-state index contributed by atoms with van der Waals surface area (Å²) in [5.41, 5.74) is 7.53. The van der Waals surface area contributed by atoms with Crippen molar-refractivity contribution in [2.45, 2.75) is 105 Å². The number of para-hydroxylation sites is 1. The summed E-state index contributed by atoms with van der Waals surface area (Å²) in [6.07, 6.45) is -0.602. The molecule has 352 valence electrons. The van der Waals surface area contributed by atoms with Crippen LogP contribution < -0.4 is 0 Å². The average molecular weight is 1100 g/mol. The predicted molar refractivity (Wildman–Crippen MR) is 287 cm³/mol. The number of pyridine rings is 1. The van der Waals surface area contributed by atoms with Crippen molar-refractivity contribution in [3.05, 3.63) is 192 Å². The maximum Gasteiger partial charge on any atom is 0.148 e. The van der Waals surface area contributed by atoms with Gasteiger partial charge in [0.1, 0.15) is 11.6 Å². The fraction of sp³-hybridized carbons (Fsp3) is 0.250. The zero-order chi connectivity index (χ0) is 57.8. The summed E-state index contributed by atoms with van der Waals surface area (Å²) in [5.74, 6) is -0.499. The van der Waals surface area contributed by atoms with E-state index in [1.165, 1.54) is 0 Å². The maximum atomic E-state index is 12.8. The van der Waals surface area contributed by atoms with Crippen LogP contribution in [0.25, 0.3) is 83.9 Å². The Balaban J connectivity index is 0.00000841. The van der Waals surface area contributed by atoms with Gasteiger partial charge >= 0.3 is 0 Å². The van der Waals surface area contributed by atoms with Crippen molar-refractivity contribution >= 4 is 11.0 Å². The quantitative estimate of drug-likeness (QED) is 0.154. The number of aromatic nitrogens is 3. The van der Waals surface area contributed by atoms with E-state index >= 15 is 0 Å². The van der Waals surface area contributed by atoms with Crippen LogP contribution in [0.5, 0.6) is 5.75 Å². The molecule has 2 aromatic heterocycles. The minimum absolute atomic E-state index is 0. The van der Waals surface area contributed by atoms with E-state index in [4.69, 9.17) is 17.3 Å². The summed E-state index contributed by atoms with van der Waals surface area (Å²) in [7, 11) is 0. The van der Waals surface area contributed by atoms with E-state index in [0.717, 1.165) is 50.2 Å². The van der Waals surface area contributed by atoms with Crippen LogP contribution in [-0.4, -0.2) is 19.6 Å². The largest absolute Gasteiger partial charge is 0.507 e. The number of fused-ring (bicyclic) bond motifs is 1. The molecule has 9 rings (SSSR count). The molecule has 0 aliphatic heterocycles. The molecule has 5 heteroatoms. The van der Waals surface area contributed by atoms with Gasteiger partial charge in [-0.1, -0.05) is 202 Å². The second-order valence-electron chi connectivity index (χ2n) is 20.9. The molecular formula is C64H64N3OPt-. The molecule has 69 heavy (non-hydrogen) atoms. The van der Waals surface area contributed by atoms with Crippen LogP contribution in [0.4, 0.5) is 0 Å². The zero-order valence-corrected chi connectivity index (χ0v) is 43.3. The molecule has 2 heterocycles. The van der Waals surface area contributed by atoms with Gasteiger partial charge in [-0.2, -0.15) is 0 Å². The number of benzene rings is 7. The first-order chi connectivity index (χ1) is 36.7. The van der Waals surface area contributed by atoms with Crippen LogP contribution in [0.1, 0.15) is 125 Å². The van der Waals surface area contributed by atoms with E-state index < -0.39 is 82.7 Å². The molecule has 0 saturated heterocycles. The number of imidazole rings is 1.